The Morgan fingerprint density at radius 1 is 1.31 bits per heavy atom. The molecule has 0 aromatic carbocycles. The van der Waals surface area contributed by atoms with Gasteiger partial charge in [-0.05, 0) is 25.7 Å². The molecule has 1 N–H and O–H groups in total. The molecular formula is C12H22N2O2. The molecule has 0 aliphatic carbocycles. The van der Waals surface area contributed by atoms with Crippen molar-refractivity contribution in [2.45, 2.75) is 46.6 Å². The standard InChI is InChI=1S/C12H22N2O2/c1-8(2)5-6-10(4)14-7-9(3)11(15)13-12(14)16/h8-10H,5-7H2,1-4H3,(H,13,15,16). The van der Waals surface area contributed by atoms with E-state index in [-0.39, 0.29) is 23.9 Å². The molecule has 4 heteroatoms. The summed E-state index contributed by atoms with van der Waals surface area (Å²) in [6.07, 6.45) is 2.10. The average Bonchev–Trinajstić information content (AvgIpc) is 2.20. The first-order valence-corrected chi connectivity index (χ1v) is 6.03. The second-order valence-electron chi connectivity index (χ2n) is 5.17. The van der Waals surface area contributed by atoms with E-state index in [2.05, 4.69) is 19.2 Å². The van der Waals surface area contributed by atoms with Crippen LogP contribution in [0.25, 0.3) is 0 Å². The number of imide groups is 1. The van der Waals surface area contributed by atoms with Crippen molar-refractivity contribution in [3.63, 3.8) is 0 Å². The Kier molecular flexibility index (Phi) is 4.33. The van der Waals surface area contributed by atoms with Crippen molar-refractivity contribution in [3.8, 4) is 0 Å². The second kappa shape index (κ2) is 5.32. The summed E-state index contributed by atoms with van der Waals surface area (Å²) in [4.78, 5) is 24.7. The largest absolute Gasteiger partial charge is 0.324 e. The molecular weight excluding hydrogens is 204 g/mol. The van der Waals surface area contributed by atoms with Crippen LogP contribution in [0, 0.1) is 11.8 Å². The fraction of sp³-hybridized carbons (Fsp3) is 0.833. The van der Waals surface area contributed by atoms with Gasteiger partial charge in [-0.2, -0.15) is 0 Å². The third-order valence-electron chi connectivity index (χ3n) is 3.10. The van der Waals surface area contributed by atoms with E-state index in [1.165, 1.54) is 0 Å². The summed E-state index contributed by atoms with van der Waals surface area (Å²) in [5.41, 5.74) is 0. The Balaban J connectivity index is 2.51. The van der Waals surface area contributed by atoms with Gasteiger partial charge in [0.2, 0.25) is 5.91 Å². The molecule has 1 rings (SSSR count). The third kappa shape index (κ3) is 3.22. The molecule has 0 bridgehead atoms. The summed E-state index contributed by atoms with van der Waals surface area (Å²) >= 11 is 0. The van der Waals surface area contributed by atoms with E-state index < -0.39 is 0 Å². The maximum Gasteiger partial charge on any atom is 0.324 e. The summed E-state index contributed by atoms with van der Waals surface area (Å²) in [5, 5.41) is 2.40. The lowest BCUT2D eigenvalue weighted by Gasteiger charge is -2.35. The summed E-state index contributed by atoms with van der Waals surface area (Å²) in [5.74, 6) is 0.394. The molecule has 2 atom stereocenters. The van der Waals surface area contributed by atoms with Crippen LogP contribution >= 0.6 is 0 Å². The van der Waals surface area contributed by atoms with Gasteiger partial charge in [0.25, 0.3) is 0 Å². The van der Waals surface area contributed by atoms with Gasteiger partial charge in [0.15, 0.2) is 0 Å². The molecule has 16 heavy (non-hydrogen) atoms. The molecule has 1 aliphatic rings. The number of hydrogen-bond acceptors (Lipinski definition) is 2. The van der Waals surface area contributed by atoms with Gasteiger partial charge < -0.3 is 4.90 Å². The summed E-state index contributed by atoms with van der Waals surface area (Å²) in [6, 6.07) is -0.0303. The summed E-state index contributed by atoms with van der Waals surface area (Å²) in [7, 11) is 0. The predicted molar refractivity (Wildman–Crippen MR) is 62.9 cm³/mol. The number of nitrogens with one attached hydrogen (secondary N) is 1. The lowest BCUT2D eigenvalue weighted by molar-refractivity contribution is -0.125. The minimum atomic E-state index is -0.237. The van der Waals surface area contributed by atoms with Gasteiger partial charge in [0.1, 0.15) is 0 Å². The van der Waals surface area contributed by atoms with Crippen molar-refractivity contribution in [1.82, 2.24) is 10.2 Å². The average molecular weight is 226 g/mol. The van der Waals surface area contributed by atoms with Crippen LogP contribution in [0.3, 0.4) is 0 Å². The first-order chi connectivity index (χ1) is 7.41. The third-order valence-corrected chi connectivity index (χ3v) is 3.10. The van der Waals surface area contributed by atoms with Crippen LogP contribution in [-0.2, 0) is 4.79 Å². The first kappa shape index (κ1) is 13.0. The summed E-state index contributed by atoms with van der Waals surface area (Å²) < 4.78 is 0. The molecule has 92 valence electrons. The fourth-order valence-electron chi connectivity index (χ4n) is 1.87. The van der Waals surface area contributed by atoms with Crippen molar-refractivity contribution in [1.29, 1.82) is 0 Å². The molecule has 0 spiro atoms. The monoisotopic (exact) mass is 226 g/mol. The zero-order valence-corrected chi connectivity index (χ0v) is 10.6. The Labute approximate surface area is 97.4 Å². The zero-order chi connectivity index (χ0) is 12.3. The lowest BCUT2D eigenvalue weighted by Crippen LogP contribution is -2.56. The van der Waals surface area contributed by atoms with Gasteiger partial charge >= 0.3 is 6.03 Å². The quantitative estimate of drug-likeness (QED) is 0.797. The number of carbonyl (C=O) groups is 2. The molecule has 0 aromatic heterocycles. The molecule has 1 aliphatic heterocycles. The Morgan fingerprint density at radius 3 is 2.50 bits per heavy atom. The maximum atomic E-state index is 11.6. The van der Waals surface area contributed by atoms with Crippen LogP contribution in [0.15, 0.2) is 0 Å². The number of hydrogen-bond donors (Lipinski definition) is 1. The van der Waals surface area contributed by atoms with Gasteiger partial charge in [0, 0.05) is 12.6 Å². The van der Waals surface area contributed by atoms with E-state index in [1.54, 1.807) is 4.90 Å². The van der Waals surface area contributed by atoms with Crippen molar-refractivity contribution in [2.24, 2.45) is 11.8 Å². The minimum Gasteiger partial charge on any atom is -0.321 e. The van der Waals surface area contributed by atoms with Gasteiger partial charge in [-0.3, -0.25) is 10.1 Å². The first-order valence-electron chi connectivity index (χ1n) is 6.03. The fourth-order valence-corrected chi connectivity index (χ4v) is 1.87. The zero-order valence-electron chi connectivity index (χ0n) is 10.6. The number of rotatable bonds is 4. The van der Waals surface area contributed by atoms with E-state index >= 15 is 0 Å². The highest BCUT2D eigenvalue weighted by Gasteiger charge is 2.31. The minimum absolute atomic E-state index is 0.0980. The molecule has 2 unspecified atom stereocenters. The highest BCUT2D eigenvalue weighted by atomic mass is 16.2. The normalized spacial score (nSPS) is 23.6. The Bertz CT molecular complexity index is 276. The van der Waals surface area contributed by atoms with Crippen molar-refractivity contribution < 1.29 is 9.59 Å². The summed E-state index contributed by atoms with van der Waals surface area (Å²) in [6.45, 7) is 8.79. The topological polar surface area (TPSA) is 49.4 Å². The van der Waals surface area contributed by atoms with Crippen LogP contribution in [0.2, 0.25) is 0 Å². The molecule has 3 amide bonds. The van der Waals surface area contributed by atoms with Crippen LogP contribution in [-0.4, -0.2) is 29.4 Å². The van der Waals surface area contributed by atoms with Crippen molar-refractivity contribution >= 4 is 11.9 Å². The van der Waals surface area contributed by atoms with Gasteiger partial charge in [-0.1, -0.05) is 20.8 Å². The molecule has 1 fully saturated rings. The Morgan fingerprint density at radius 2 is 1.94 bits per heavy atom. The van der Waals surface area contributed by atoms with Crippen LogP contribution in [0.4, 0.5) is 4.79 Å². The number of nitrogens with zero attached hydrogens (tertiary/aromatic N) is 1. The Hall–Kier alpha value is -1.06. The lowest BCUT2D eigenvalue weighted by atomic mass is 10.0. The molecule has 0 radical (unpaired) electrons. The van der Waals surface area contributed by atoms with E-state index in [4.69, 9.17) is 0 Å². The van der Waals surface area contributed by atoms with Gasteiger partial charge in [-0.15, -0.1) is 0 Å². The molecule has 4 nitrogen and oxygen atoms in total. The molecule has 0 aromatic rings. The smallest absolute Gasteiger partial charge is 0.321 e. The van der Waals surface area contributed by atoms with Crippen LogP contribution in [0.1, 0.15) is 40.5 Å². The van der Waals surface area contributed by atoms with Gasteiger partial charge in [-0.25, -0.2) is 4.79 Å². The number of urea groups is 1. The highest BCUT2D eigenvalue weighted by molar-refractivity contribution is 5.97. The van der Waals surface area contributed by atoms with Crippen molar-refractivity contribution in [2.75, 3.05) is 6.54 Å². The molecule has 1 saturated heterocycles. The van der Waals surface area contributed by atoms with Crippen molar-refractivity contribution in [3.05, 3.63) is 0 Å². The number of carbonyl (C=O) groups excluding carboxylic acids is 2. The number of amides is 3. The highest BCUT2D eigenvalue weighted by Crippen LogP contribution is 2.16. The van der Waals surface area contributed by atoms with Crippen LogP contribution in [0.5, 0.6) is 0 Å². The van der Waals surface area contributed by atoms with Crippen LogP contribution < -0.4 is 5.32 Å². The van der Waals surface area contributed by atoms with Gasteiger partial charge in [0.05, 0.1) is 5.92 Å². The van der Waals surface area contributed by atoms with E-state index in [1.807, 2.05) is 13.8 Å². The van der Waals surface area contributed by atoms with E-state index in [0.717, 1.165) is 12.8 Å². The molecule has 1 heterocycles. The molecule has 0 saturated carbocycles. The SMILES string of the molecule is CC(C)CCC(C)N1CC(C)C(=O)NC1=O. The van der Waals surface area contributed by atoms with E-state index in [9.17, 15) is 9.59 Å². The van der Waals surface area contributed by atoms with E-state index in [0.29, 0.717) is 12.5 Å². The predicted octanol–water partition coefficient (Wildman–Crippen LogP) is 2.00. The second-order valence-corrected chi connectivity index (χ2v) is 5.17. The maximum absolute atomic E-state index is 11.6.